The molecule has 0 aromatic rings. The van der Waals surface area contributed by atoms with Crippen LogP contribution in [0.3, 0.4) is 0 Å². The Hall–Kier alpha value is -0.100. The van der Waals surface area contributed by atoms with Gasteiger partial charge in [0.05, 0.1) is 27.8 Å². The van der Waals surface area contributed by atoms with E-state index in [1.165, 1.54) is 27.5 Å². The Kier molecular flexibility index (Phi) is 25.5. The minimum absolute atomic E-state index is 0.225. The lowest BCUT2D eigenvalue weighted by Crippen LogP contribution is -1.96. The number of hydrogen-bond donors (Lipinski definition) is 4. The van der Waals surface area contributed by atoms with Gasteiger partial charge in [0.15, 0.2) is 7.37 Å². The van der Waals surface area contributed by atoms with Crippen LogP contribution in [-0.2, 0) is 42.8 Å². The zero-order valence-electron chi connectivity index (χ0n) is 16.2. The molecule has 0 aromatic heterocycles. The molecule has 2 atom stereocenters. The maximum Gasteiger partial charge on any atom is 0.397 e. The molecule has 172 valence electrons. The van der Waals surface area contributed by atoms with Crippen LogP contribution in [0.1, 0.15) is 0 Å². The molecule has 17 heteroatoms. The highest BCUT2D eigenvalue weighted by atomic mass is 32.3. The molecule has 0 rings (SSSR count). The van der Waals surface area contributed by atoms with E-state index in [9.17, 15) is 27.1 Å². The molecule has 28 heavy (non-hydrogen) atoms. The second kappa shape index (κ2) is 20.2. The van der Waals surface area contributed by atoms with E-state index in [1.54, 1.807) is 0 Å². The lowest BCUT2D eigenvalue weighted by Gasteiger charge is -2.04. The molecule has 0 spiro atoms. The van der Waals surface area contributed by atoms with Gasteiger partial charge in [-0.05, 0) is 0 Å². The van der Waals surface area contributed by atoms with Gasteiger partial charge in [-0.1, -0.05) is 0 Å². The van der Waals surface area contributed by atoms with Crippen LogP contribution in [0.15, 0.2) is 0 Å². The summed E-state index contributed by atoms with van der Waals surface area (Å²) < 4.78 is 59.1. The molecule has 0 saturated carbocycles. The molecule has 0 aliphatic carbocycles. The zero-order chi connectivity index (χ0) is 23.4. The van der Waals surface area contributed by atoms with E-state index in [4.69, 9.17) is 19.2 Å². The van der Waals surface area contributed by atoms with Crippen molar-refractivity contribution >= 4 is 45.9 Å². The molecule has 0 amide bonds. The van der Waals surface area contributed by atoms with Gasteiger partial charge in [-0.15, -0.1) is 0 Å². The van der Waals surface area contributed by atoms with Crippen LogP contribution in [-0.4, -0.2) is 99.9 Å². The number of hydrogen-bond acceptors (Lipinski definition) is 10. The Morgan fingerprint density at radius 1 is 1.00 bits per heavy atom. The maximum absolute atomic E-state index is 10.6. The van der Waals surface area contributed by atoms with Crippen LogP contribution < -0.4 is 0 Å². The van der Waals surface area contributed by atoms with Crippen molar-refractivity contribution in [3.63, 3.8) is 0 Å². The van der Waals surface area contributed by atoms with E-state index >= 15 is 0 Å². The van der Waals surface area contributed by atoms with Crippen LogP contribution in [0, 0.1) is 0 Å². The fourth-order valence-corrected chi connectivity index (χ4v) is 1.98. The molecule has 0 bridgehead atoms. The molecule has 0 aromatic carbocycles. The lowest BCUT2D eigenvalue weighted by molar-refractivity contribution is -0.106. The van der Waals surface area contributed by atoms with Crippen LogP contribution in [0.5, 0.6) is 0 Å². The Labute approximate surface area is 166 Å². The van der Waals surface area contributed by atoms with Gasteiger partial charge in [0.1, 0.15) is 18.9 Å². The number of aldehydes is 2. The first-order valence-electron chi connectivity index (χ1n) is 6.90. The van der Waals surface area contributed by atoms with E-state index in [1.807, 2.05) is 0 Å². The van der Waals surface area contributed by atoms with Gasteiger partial charge >= 0.3 is 10.4 Å². The van der Waals surface area contributed by atoms with E-state index < -0.39 is 33.3 Å². The van der Waals surface area contributed by atoms with E-state index in [0.717, 1.165) is 7.11 Å². The summed E-state index contributed by atoms with van der Waals surface area (Å²) in [7, 11) is -7.57. The lowest BCUT2D eigenvalue weighted by atomic mass is 10.9. The summed E-state index contributed by atoms with van der Waals surface area (Å²) in [5, 5.41) is 0. The average molecular weight is 494 g/mol. The summed E-state index contributed by atoms with van der Waals surface area (Å²) in [6.45, 7) is 2.60. The SMILES string of the molecule is COCP(=O)(O)CC=O.COCP(O)CC=O.COS(=O)(=O)O.CP(C)(=O)O. The summed E-state index contributed by atoms with van der Waals surface area (Å²) in [4.78, 5) is 44.9. The number of ether oxygens (including phenoxy) is 2. The van der Waals surface area contributed by atoms with Crippen molar-refractivity contribution in [2.24, 2.45) is 0 Å². The molecule has 13 nitrogen and oxygen atoms in total. The Balaban J connectivity index is -0.000000141. The first kappa shape index (κ1) is 35.3. The second-order valence-electron chi connectivity index (χ2n) is 4.78. The maximum atomic E-state index is 10.6. The molecule has 0 fully saturated rings. The fraction of sp³-hybridized carbons (Fsp3) is 0.818. The molecule has 0 aliphatic heterocycles. The van der Waals surface area contributed by atoms with Crippen molar-refractivity contribution in [1.29, 1.82) is 0 Å². The van der Waals surface area contributed by atoms with Gasteiger partial charge in [-0.3, -0.25) is 17.9 Å². The van der Waals surface area contributed by atoms with Gasteiger partial charge in [-0.25, -0.2) is 0 Å². The summed E-state index contributed by atoms with van der Waals surface area (Å²) in [6, 6.07) is 0. The highest BCUT2D eigenvalue weighted by Crippen LogP contribution is 2.38. The van der Waals surface area contributed by atoms with Gasteiger partial charge in [0.25, 0.3) is 0 Å². The minimum atomic E-state index is -4.16. The topological polar surface area (TPSA) is 211 Å². The summed E-state index contributed by atoms with van der Waals surface area (Å²) >= 11 is 0. The average Bonchev–Trinajstić information content (AvgIpc) is 2.46. The van der Waals surface area contributed by atoms with E-state index in [2.05, 4.69) is 13.7 Å². The van der Waals surface area contributed by atoms with Gasteiger partial charge in [0.2, 0.25) is 7.37 Å². The van der Waals surface area contributed by atoms with Crippen molar-refractivity contribution in [1.82, 2.24) is 0 Å². The standard InChI is InChI=1S/C4H9O4P.C4H9O3P.C2H7O2P.CH4O4S/c1-8-4-9(6,7)3-2-5;1-7-4-8(6)3-2-5;1-5(2,3)4;1-5-6(2,3)4/h2H,3-4H2,1H3,(H,6,7);2,6H,3-4H2,1H3;1-2H3,(H,3,4);1H3,(H,2,3,4). The minimum Gasteiger partial charge on any atom is -0.378 e. The molecule has 0 radical (unpaired) electrons. The predicted molar refractivity (Wildman–Crippen MR) is 105 cm³/mol. The number of carbonyl (C=O) groups excluding carboxylic acids is 2. The van der Waals surface area contributed by atoms with Gasteiger partial charge in [0, 0.05) is 33.7 Å². The summed E-state index contributed by atoms with van der Waals surface area (Å²) in [5.41, 5.74) is 0. The molecule has 0 aliphatic rings. The Bertz CT molecular complexity index is 566. The quantitative estimate of drug-likeness (QED) is 0.192. The van der Waals surface area contributed by atoms with Crippen molar-refractivity contribution in [3.05, 3.63) is 0 Å². The smallest absolute Gasteiger partial charge is 0.378 e. The first-order valence-corrected chi connectivity index (χ1v) is 14.5. The van der Waals surface area contributed by atoms with Crippen molar-refractivity contribution in [2.45, 2.75) is 0 Å². The van der Waals surface area contributed by atoms with E-state index in [-0.39, 0.29) is 18.7 Å². The van der Waals surface area contributed by atoms with Crippen LogP contribution in [0.25, 0.3) is 0 Å². The molecular weight excluding hydrogens is 465 g/mol. The Morgan fingerprint density at radius 3 is 1.61 bits per heavy atom. The molecule has 4 N–H and O–H groups in total. The van der Waals surface area contributed by atoms with Gasteiger partial charge < -0.3 is 33.7 Å². The normalized spacial score (nSPS) is 13.8. The van der Waals surface area contributed by atoms with Crippen molar-refractivity contribution < 1.29 is 60.0 Å². The fourth-order valence-electron chi connectivity index (χ4n) is 0.659. The molecular formula is C11H29O13P3S. The Morgan fingerprint density at radius 2 is 1.39 bits per heavy atom. The number of rotatable bonds is 9. The largest absolute Gasteiger partial charge is 0.397 e. The van der Waals surface area contributed by atoms with Crippen molar-refractivity contribution in [2.75, 3.05) is 59.7 Å². The molecule has 0 saturated heterocycles. The van der Waals surface area contributed by atoms with Gasteiger partial charge in [-0.2, -0.15) is 8.42 Å². The summed E-state index contributed by atoms with van der Waals surface area (Å²) in [5.74, 6) is 0. The molecule has 2 unspecified atom stereocenters. The third kappa shape index (κ3) is 56.2. The van der Waals surface area contributed by atoms with Crippen LogP contribution >= 0.6 is 22.9 Å². The third-order valence-electron chi connectivity index (χ3n) is 1.46. The molecule has 0 heterocycles. The summed E-state index contributed by atoms with van der Waals surface area (Å²) in [6.07, 6.45) is 1.08. The highest BCUT2D eigenvalue weighted by molar-refractivity contribution is 7.80. The van der Waals surface area contributed by atoms with Crippen LogP contribution in [0.2, 0.25) is 0 Å². The zero-order valence-corrected chi connectivity index (χ0v) is 19.7. The number of methoxy groups -OCH3 is 2. The highest BCUT2D eigenvalue weighted by Gasteiger charge is 2.15. The van der Waals surface area contributed by atoms with E-state index in [0.29, 0.717) is 18.9 Å². The number of carbonyl (C=O) groups is 2. The monoisotopic (exact) mass is 494 g/mol. The van der Waals surface area contributed by atoms with Crippen molar-refractivity contribution in [3.8, 4) is 0 Å². The first-order chi connectivity index (χ1) is 12.5. The predicted octanol–water partition coefficient (Wildman–Crippen LogP) is 0.190. The van der Waals surface area contributed by atoms with Crippen LogP contribution in [0.4, 0.5) is 0 Å². The second-order valence-corrected chi connectivity index (χ2v) is 12.5. The third-order valence-corrected chi connectivity index (χ3v) is 4.39.